The number of halogens is 3. The van der Waals surface area contributed by atoms with Crippen molar-refractivity contribution < 1.29 is 17.2 Å². The highest BCUT2D eigenvalue weighted by atomic mass is 79.9. The number of rotatable bonds is 4. The van der Waals surface area contributed by atoms with Gasteiger partial charge in [0.1, 0.15) is 0 Å². The molecule has 4 nitrogen and oxygen atoms in total. The minimum Gasteiger partial charge on any atom is -0.380 e. The Morgan fingerprint density at radius 1 is 1.10 bits per heavy atom. The summed E-state index contributed by atoms with van der Waals surface area (Å²) in [7, 11) is -3.77. The Labute approximate surface area is 129 Å². The van der Waals surface area contributed by atoms with Gasteiger partial charge in [0.25, 0.3) is 0 Å². The van der Waals surface area contributed by atoms with E-state index in [0.717, 1.165) is 12.1 Å². The van der Waals surface area contributed by atoms with Crippen LogP contribution in [-0.4, -0.2) is 8.42 Å². The third-order valence-electron chi connectivity index (χ3n) is 2.74. The second kappa shape index (κ2) is 6.08. The topological polar surface area (TPSA) is 72.2 Å². The maximum absolute atomic E-state index is 13.1. The Morgan fingerprint density at radius 2 is 1.81 bits per heavy atom. The Bertz CT molecular complexity index is 782. The molecule has 2 rings (SSSR count). The van der Waals surface area contributed by atoms with E-state index >= 15 is 0 Å². The molecule has 112 valence electrons. The highest BCUT2D eigenvalue weighted by molar-refractivity contribution is 9.10. The zero-order chi connectivity index (χ0) is 15.6. The second-order valence-corrected chi connectivity index (χ2v) is 6.70. The van der Waals surface area contributed by atoms with E-state index in [0.29, 0.717) is 15.7 Å². The molecule has 2 aromatic carbocycles. The van der Waals surface area contributed by atoms with E-state index in [1.807, 2.05) is 0 Å². The zero-order valence-corrected chi connectivity index (χ0v) is 13.0. The zero-order valence-electron chi connectivity index (χ0n) is 10.6. The lowest BCUT2D eigenvalue weighted by atomic mass is 10.2. The largest absolute Gasteiger partial charge is 0.380 e. The molecule has 0 heterocycles. The summed E-state index contributed by atoms with van der Waals surface area (Å²) in [4.78, 5) is -0.0206. The predicted octanol–water partition coefficient (Wildman–Crippen LogP) is 2.99. The molecule has 0 fully saturated rings. The lowest BCUT2D eigenvalue weighted by Gasteiger charge is -2.10. The summed E-state index contributed by atoms with van der Waals surface area (Å²) < 4.78 is 48.8. The van der Waals surface area contributed by atoms with Crippen LogP contribution in [0.3, 0.4) is 0 Å². The van der Waals surface area contributed by atoms with Crippen LogP contribution in [0.1, 0.15) is 5.56 Å². The van der Waals surface area contributed by atoms with Crippen molar-refractivity contribution in [1.29, 1.82) is 0 Å². The Kier molecular flexibility index (Phi) is 4.60. The fraction of sp³-hybridized carbons (Fsp3) is 0.0769. The first-order valence-electron chi connectivity index (χ1n) is 5.77. The van der Waals surface area contributed by atoms with Crippen LogP contribution < -0.4 is 10.5 Å². The van der Waals surface area contributed by atoms with Crippen molar-refractivity contribution >= 4 is 31.6 Å². The van der Waals surface area contributed by atoms with Crippen molar-refractivity contribution in [2.45, 2.75) is 11.4 Å². The van der Waals surface area contributed by atoms with Crippen molar-refractivity contribution in [3.05, 3.63) is 58.1 Å². The van der Waals surface area contributed by atoms with Gasteiger partial charge < -0.3 is 5.32 Å². The summed E-state index contributed by atoms with van der Waals surface area (Å²) in [6.45, 7) is 0.254. The Morgan fingerprint density at radius 3 is 2.38 bits per heavy atom. The van der Waals surface area contributed by atoms with Crippen LogP contribution >= 0.6 is 15.9 Å². The molecule has 0 radical (unpaired) electrons. The monoisotopic (exact) mass is 376 g/mol. The van der Waals surface area contributed by atoms with E-state index in [4.69, 9.17) is 5.14 Å². The average molecular weight is 377 g/mol. The molecule has 3 N–H and O–H groups in total. The van der Waals surface area contributed by atoms with E-state index in [9.17, 15) is 17.2 Å². The molecule has 0 spiro atoms. The molecule has 0 aliphatic carbocycles. The average Bonchev–Trinajstić information content (AvgIpc) is 2.40. The molecule has 0 aromatic heterocycles. The number of primary sulfonamides is 1. The van der Waals surface area contributed by atoms with Crippen molar-refractivity contribution in [1.82, 2.24) is 0 Å². The van der Waals surface area contributed by atoms with Gasteiger partial charge in [-0.25, -0.2) is 22.3 Å². The molecule has 2 aromatic rings. The van der Waals surface area contributed by atoms with Gasteiger partial charge in [-0.15, -0.1) is 0 Å². The molecular weight excluding hydrogens is 366 g/mol. The fourth-order valence-electron chi connectivity index (χ4n) is 1.66. The molecule has 0 aliphatic rings. The first kappa shape index (κ1) is 15.9. The van der Waals surface area contributed by atoms with Gasteiger partial charge >= 0.3 is 0 Å². The van der Waals surface area contributed by atoms with Crippen LogP contribution in [0, 0.1) is 11.6 Å². The molecular formula is C13H11BrF2N2O2S. The minimum absolute atomic E-state index is 0.0206. The smallest absolute Gasteiger partial charge is 0.238 e. The quantitative estimate of drug-likeness (QED) is 0.861. The molecule has 0 saturated heterocycles. The van der Waals surface area contributed by atoms with Gasteiger partial charge in [0.05, 0.1) is 4.90 Å². The molecule has 0 bridgehead atoms. The van der Waals surface area contributed by atoms with E-state index in [-0.39, 0.29) is 11.4 Å². The summed E-state index contributed by atoms with van der Waals surface area (Å²) in [6, 6.07) is 7.85. The summed E-state index contributed by atoms with van der Waals surface area (Å²) in [5.41, 5.74) is 1.16. The molecule has 0 saturated carbocycles. The van der Waals surface area contributed by atoms with Crippen LogP contribution in [0.5, 0.6) is 0 Å². The summed E-state index contributed by atoms with van der Waals surface area (Å²) in [6.07, 6.45) is 0. The fourth-order valence-corrected chi connectivity index (χ4v) is 2.87. The van der Waals surface area contributed by atoms with Crippen molar-refractivity contribution in [3.8, 4) is 0 Å². The molecule has 0 atom stereocenters. The minimum atomic E-state index is -3.77. The van der Waals surface area contributed by atoms with Crippen LogP contribution in [0.25, 0.3) is 0 Å². The van der Waals surface area contributed by atoms with Crippen LogP contribution in [0.2, 0.25) is 0 Å². The van der Waals surface area contributed by atoms with Crippen molar-refractivity contribution in [2.24, 2.45) is 5.14 Å². The number of benzene rings is 2. The molecule has 8 heteroatoms. The predicted molar refractivity (Wildman–Crippen MR) is 79.2 cm³/mol. The van der Waals surface area contributed by atoms with Gasteiger partial charge in [-0.05, 0) is 51.8 Å². The third kappa shape index (κ3) is 3.99. The van der Waals surface area contributed by atoms with E-state index in [2.05, 4.69) is 21.2 Å². The lowest BCUT2D eigenvalue weighted by molar-refractivity contribution is 0.507. The lowest BCUT2D eigenvalue weighted by Crippen LogP contribution is -2.12. The number of nitrogens with one attached hydrogen (secondary N) is 1. The summed E-state index contributed by atoms with van der Waals surface area (Å²) >= 11 is 3.22. The molecule has 0 unspecified atom stereocenters. The normalized spacial score (nSPS) is 11.4. The first-order valence-corrected chi connectivity index (χ1v) is 8.11. The van der Waals surface area contributed by atoms with Crippen LogP contribution in [0.4, 0.5) is 14.5 Å². The number of nitrogens with two attached hydrogens (primary N) is 1. The van der Waals surface area contributed by atoms with Crippen LogP contribution in [-0.2, 0) is 16.6 Å². The Balaban J connectivity index is 2.15. The Hall–Kier alpha value is -1.51. The van der Waals surface area contributed by atoms with Gasteiger partial charge in [-0.3, -0.25) is 0 Å². The standard InChI is InChI=1S/C13H11BrF2N2O2S/c14-10-6-9(21(17,19)20)2-4-13(10)18-7-8-1-3-11(15)12(16)5-8/h1-6,18H,7H2,(H2,17,19,20). The SMILES string of the molecule is NS(=O)(=O)c1ccc(NCc2ccc(F)c(F)c2)c(Br)c1. The van der Waals surface area contributed by atoms with Crippen LogP contribution in [0.15, 0.2) is 45.8 Å². The van der Waals surface area contributed by atoms with Gasteiger partial charge in [-0.1, -0.05) is 6.07 Å². The van der Waals surface area contributed by atoms with Gasteiger partial charge in [0.15, 0.2) is 11.6 Å². The second-order valence-electron chi connectivity index (χ2n) is 4.29. The van der Waals surface area contributed by atoms with Gasteiger partial charge in [0, 0.05) is 16.7 Å². The maximum atomic E-state index is 13.1. The number of anilines is 1. The van der Waals surface area contributed by atoms with Crippen molar-refractivity contribution in [2.75, 3.05) is 5.32 Å². The van der Waals surface area contributed by atoms with Crippen molar-refractivity contribution in [3.63, 3.8) is 0 Å². The number of sulfonamides is 1. The maximum Gasteiger partial charge on any atom is 0.238 e. The van der Waals surface area contributed by atoms with E-state index < -0.39 is 21.7 Å². The van der Waals surface area contributed by atoms with E-state index in [1.54, 1.807) is 0 Å². The van der Waals surface area contributed by atoms with Gasteiger partial charge in [-0.2, -0.15) is 0 Å². The van der Waals surface area contributed by atoms with Gasteiger partial charge in [0.2, 0.25) is 10.0 Å². The van der Waals surface area contributed by atoms with E-state index in [1.165, 1.54) is 24.3 Å². The third-order valence-corrected chi connectivity index (χ3v) is 4.30. The highest BCUT2D eigenvalue weighted by Crippen LogP contribution is 2.25. The number of hydrogen-bond donors (Lipinski definition) is 2. The highest BCUT2D eigenvalue weighted by Gasteiger charge is 2.10. The molecule has 0 amide bonds. The molecule has 21 heavy (non-hydrogen) atoms. The molecule has 0 aliphatic heterocycles. The summed E-state index contributed by atoms with van der Waals surface area (Å²) in [5.74, 6) is -1.82. The first-order chi connectivity index (χ1) is 9.77. The summed E-state index contributed by atoms with van der Waals surface area (Å²) in [5, 5.41) is 8.01. The number of hydrogen-bond acceptors (Lipinski definition) is 3.